The molecule has 0 radical (unpaired) electrons. The second-order valence-corrected chi connectivity index (χ2v) is 10.4. The highest BCUT2D eigenvalue weighted by Gasteiger charge is 2.54. The molecule has 2 fully saturated rings. The maximum atomic E-state index is 13.5. The molecule has 2 unspecified atom stereocenters. The molecule has 1 aliphatic carbocycles. The molecule has 1 aromatic rings. The summed E-state index contributed by atoms with van der Waals surface area (Å²) in [5.41, 5.74) is -4.20. The summed E-state index contributed by atoms with van der Waals surface area (Å²) in [5, 5.41) is 6.32. The molecule has 3 rings (SSSR count). The maximum Gasteiger partial charge on any atom is 0.416 e. The minimum Gasteiger partial charge on any atom is -0.381 e. The predicted molar refractivity (Wildman–Crippen MR) is 119 cm³/mol. The first-order valence-corrected chi connectivity index (χ1v) is 12.1. The standard InChI is InChI=1S/C25H34F6N2O2/c1-4-22(2,3)23(8-5-20(14-23)33-19-6-9-35-10-7-19)21(34)32-15-16-11-17(24(26,27)28)13-18(12-16)25(29,30)31/h11-13,19-20,33H,4-10,14-15H2,1-3H3,(H,32,34). The first-order valence-electron chi connectivity index (χ1n) is 12.1. The molecule has 0 aromatic heterocycles. The molecule has 198 valence electrons. The van der Waals surface area contributed by atoms with E-state index in [1.165, 1.54) is 0 Å². The number of rotatable bonds is 7. The molecular formula is C25H34F6N2O2. The Morgan fingerprint density at radius 1 is 0.971 bits per heavy atom. The number of hydrogen-bond donors (Lipinski definition) is 2. The Balaban J connectivity index is 1.79. The van der Waals surface area contributed by atoms with Gasteiger partial charge in [-0.15, -0.1) is 0 Å². The van der Waals surface area contributed by atoms with Crippen molar-refractivity contribution in [3.05, 3.63) is 34.9 Å². The average molecular weight is 509 g/mol. The van der Waals surface area contributed by atoms with Crippen LogP contribution in [0.4, 0.5) is 26.3 Å². The number of nitrogens with one attached hydrogen (secondary N) is 2. The van der Waals surface area contributed by atoms with Gasteiger partial charge >= 0.3 is 12.4 Å². The second-order valence-electron chi connectivity index (χ2n) is 10.4. The Hall–Kier alpha value is -1.81. The third-order valence-corrected chi connectivity index (χ3v) is 7.92. The van der Waals surface area contributed by atoms with Crippen LogP contribution in [0.2, 0.25) is 0 Å². The van der Waals surface area contributed by atoms with Gasteiger partial charge in [0.1, 0.15) is 0 Å². The fraction of sp³-hybridized carbons (Fsp3) is 0.720. The third kappa shape index (κ3) is 6.31. The molecule has 1 saturated carbocycles. The van der Waals surface area contributed by atoms with Crippen LogP contribution in [0.1, 0.15) is 76.0 Å². The van der Waals surface area contributed by atoms with E-state index in [4.69, 9.17) is 4.74 Å². The van der Waals surface area contributed by atoms with E-state index >= 15 is 0 Å². The molecule has 35 heavy (non-hydrogen) atoms. The lowest BCUT2D eigenvalue weighted by Crippen LogP contribution is -2.50. The number of halogens is 6. The first kappa shape index (κ1) is 27.8. The Labute approximate surface area is 202 Å². The van der Waals surface area contributed by atoms with Gasteiger partial charge in [0.25, 0.3) is 0 Å². The van der Waals surface area contributed by atoms with Crippen LogP contribution in [0.3, 0.4) is 0 Å². The zero-order chi connectivity index (χ0) is 26.1. The molecule has 2 atom stereocenters. The van der Waals surface area contributed by atoms with Crippen molar-refractivity contribution in [2.75, 3.05) is 13.2 Å². The van der Waals surface area contributed by atoms with Crippen molar-refractivity contribution >= 4 is 5.91 Å². The number of carbonyl (C=O) groups excluding carboxylic acids is 1. The van der Waals surface area contributed by atoms with E-state index in [1.807, 2.05) is 20.8 Å². The summed E-state index contributed by atoms with van der Waals surface area (Å²) in [5.74, 6) is -0.327. The van der Waals surface area contributed by atoms with Crippen molar-refractivity contribution < 1.29 is 35.9 Å². The van der Waals surface area contributed by atoms with Gasteiger partial charge in [0.2, 0.25) is 5.91 Å². The lowest BCUT2D eigenvalue weighted by atomic mass is 9.62. The zero-order valence-corrected chi connectivity index (χ0v) is 20.3. The van der Waals surface area contributed by atoms with Crippen LogP contribution < -0.4 is 10.6 Å². The summed E-state index contributed by atoms with van der Waals surface area (Å²) >= 11 is 0. The van der Waals surface area contributed by atoms with E-state index < -0.39 is 40.9 Å². The molecule has 4 nitrogen and oxygen atoms in total. The number of amides is 1. The number of carbonyl (C=O) groups is 1. The molecule has 0 spiro atoms. The van der Waals surface area contributed by atoms with Gasteiger partial charge in [0.15, 0.2) is 0 Å². The highest BCUT2D eigenvalue weighted by atomic mass is 19.4. The third-order valence-electron chi connectivity index (χ3n) is 7.92. The summed E-state index contributed by atoms with van der Waals surface area (Å²) in [6.07, 6.45) is -5.44. The van der Waals surface area contributed by atoms with Crippen molar-refractivity contribution in [3.63, 3.8) is 0 Å². The summed E-state index contributed by atoms with van der Waals surface area (Å²) in [6.45, 7) is 6.94. The Morgan fingerprint density at radius 2 is 1.54 bits per heavy atom. The van der Waals surface area contributed by atoms with Gasteiger partial charge in [-0.3, -0.25) is 4.79 Å². The average Bonchev–Trinajstić information content (AvgIpc) is 3.22. The van der Waals surface area contributed by atoms with E-state index in [0.717, 1.165) is 19.3 Å². The van der Waals surface area contributed by atoms with Crippen LogP contribution in [0.15, 0.2) is 18.2 Å². The summed E-state index contributed by atoms with van der Waals surface area (Å²) < 4.78 is 84.7. The van der Waals surface area contributed by atoms with Gasteiger partial charge < -0.3 is 15.4 Å². The Morgan fingerprint density at radius 3 is 2.06 bits per heavy atom. The van der Waals surface area contributed by atoms with Gasteiger partial charge in [-0.25, -0.2) is 0 Å². The molecule has 1 amide bonds. The van der Waals surface area contributed by atoms with Crippen molar-refractivity contribution in [2.24, 2.45) is 10.8 Å². The summed E-state index contributed by atoms with van der Waals surface area (Å²) in [4.78, 5) is 13.5. The normalized spacial score (nSPS) is 24.5. The number of ether oxygens (including phenoxy) is 1. The van der Waals surface area contributed by atoms with Crippen molar-refractivity contribution in [3.8, 4) is 0 Å². The van der Waals surface area contributed by atoms with Crippen LogP contribution in [0.25, 0.3) is 0 Å². The van der Waals surface area contributed by atoms with Crippen LogP contribution in [-0.4, -0.2) is 31.2 Å². The number of benzene rings is 1. The van der Waals surface area contributed by atoms with Gasteiger partial charge in [-0.1, -0.05) is 20.8 Å². The number of hydrogen-bond acceptors (Lipinski definition) is 3. The van der Waals surface area contributed by atoms with Crippen LogP contribution in [0, 0.1) is 10.8 Å². The minimum atomic E-state index is -4.93. The summed E-state index contributed by atoms with van der Waals surface area (Å²) in [7, 11) is 0. The van der Waals surface area contributed by atoms with E-state index in [9.17, 15) is 31.1 Å². The molecule has 0 bridgehead atoms. The monoisotopic (exact) mass is 508 g/mol. The highest BCUT2D eigenvalue weighted by Crippen LogP contribution is 2.53. The van der Waals surface area contributed by atoms with Crippen molar-refractivity contribution in [1.29, 1.82) is 0 Å². The fourth-order valence-electron chi connectivity index (χ4n) is 5.32. The lowest BCUT2D eigenvalue weighted by molar-refractivity contribution is -0.143. The first-order chi connectivity index (χ1) is 16.2. The maximum absolute atomic E-state index is 13.5. The van der Waals surface area contributed by atoms with Crippen LogP contribution in [0.5, 0.6) is 0 Å². The Kier molecular flexibility index (Phi) is 8.16. The molecule has 1 aromatic carbocycles. The van der Waals surface area contributed by atoms with Gasteiger partial charge in [-0.2, -0.15) is 26.3 Å². The molecule has 1 aliphatic heterocycles. The predicted octanol–water partition coefficient (Wildman–Crippen LogP) is 6.08. The topological polar surface area (TPSA) is 50.4 Å². The largest absolute Gasteiger partial charge is 0.416 e. The Bertz CT molecular complexity index is 861. The smallest absolute Gasteiger partial charge is 0.381 e. The fourth-order valence-corrected chi connectivity index (χ4v) is 5.32. The van der Waals surface area contributed by atoms with E-state index in [-0.39, 0.29) is 23.6 Å². The summed E-state index contributed by atoms with van der Waals surface area (Å²) in [6, 6.07) is 1.84. The van der Waals surface area contributed by atoms with E-state index in [2.05, 4.69) is 10.6 Å². The van der Waals surface area contributed by atoms with E-state index in [0.29, 0.717) is 50.7 Å². The van der Waals surface area contributed by atoms with Gasteiger partial charge in [0.05, 0.1) is 16.5 Å². The molecule has 2 aliphatic rings. The van der Waals surface area contributed by atoms with Crippen molar-refractivity contribution in [2.45, 2.75) is 90.3 Å². The highest BCUT2D eigenvalue weighted by molar-refractivity contribution is 5.84. The zero-order valence-electron chi connectivity index (χ0n) is 20.3. The molecule has 1 saturated heterocycles. The lowest BCUT2D eigenvalue weighted by Gasteiger charge is -2.43. The van der Waals surface area contributed by atoms with Crippen LogP contribution >= 0.6 is 0 Å². The molecule has 10 heteroatoms. The molecule has 1 heterocycles. The second kappa shape index (κ2) is 10.3. The SMILES string of the molecule is CCC(C)(C)C1(C(=O)NCc2cc(C(F)(F)F)cc(C(F)(F)F)c2)CCC(NC2CCOCC2)C1. The van der Waals surface area contributed by atoms with Gasteiger partial charge in [0, 0.05) is 31.8 Å². The molecular weight excluding hydrogens is 474 g/mol. The van der Waals surface area contributed by atoms with Gasteiger partial charge in [-0.05, 0) is 67.7 Å². The minimum absolute atomic E-state index is 0.0938. The number of alkyl halides is 6. The van der Waals surface area contributed by atoms with Crippen molar-refractivity contribution in [1.82, 2.24) is 10.6 Å². The molecule has 2 N–H and O–H groups in total. The van der Waals surface area contributed by atoms with E-state index in [1.54, 1.807) is 0 Å². The van der Waals surface area contributed by atoms with Crippen LogP contribution in [-0.2, 0) is 28.4 Å². The quantitative estimate of drug-likeness (QED) is 0.439.